The number of halogens is 1. The Balaban J connectivity index is 0.00000320. The van der Waals surface area contributed by atoms with Gasteiger partial charge in [-0.25, -0.2) is 4.79 Å². The Morgan fingerprint density at radius 2 is 2.00 bits per heavy atom. The lowest BCUT2D eigenvalue weighted by Crippen LogP contribution is -2.50. The predicted molar refractivity (Wildman–Crippen MR) is 133 cm³/mol. The van der Waals surface area contributed by atoms with Crippen molar-refractivity contribution < 1.29 is 9.53 Å². The molecule has 8 heteroatoms. The number of likely N-dealkylation sites (tertiary alicyclic amines) is 1. The van der Waals surface area contributed by atoms with Crippen LogP contribution >= 0.6 is 24.0 Å². The van der Waals surface area contributed by atoms with E-state index in [0.717, 1.165) is 38.3 Å². The highest BCUT2D eigenvalue weighted by Gasteiger charge is 2.24. The fraction of sp³-hybridized carbons (Fsp3) is 0.545. The Hall–Kier alpha value is -1.97. The quantitative estimate of drug-likeness (QED) is 0.303. The molecule has 0 atom stereocenters. The van der Waals surface area contributed by atoms with Crippen LogP contribution in [0.4, 0.5) is 4.79 Å². The number of H-pyrrole nitrogens is 1. The monoisotopic (exact) mass is 527 g/mol. The van der Waals surface area contributed by atoms with Crippen LogP contribution in [0, 0.1) is 6.92 Å². The van der Waals surface area contributed by atoms with Gasteiger partial charge in [0.2, 0.25) is 0 Å². The van der Waals surface area contributed by atoms with Crippen molar-refractivity contribution in [1.82, 2.24) is 20.5 Å². The van der Waals surface area contributed by atoms with Gasteiger partial charge < -0.3 is 25.3 Å². The fourth-order valence-electron chi connectivity index (χ4n) is 3.87. The van der Waals surface area contributed by atoms with Gasteiger partial charge in [0.05, 0.1) is 6.61 Å². The molecule has 3 N–H and O–H groups in total. The highest BCUT2D eigenvalue weighted by molar-refractivity contribution is 14.0. The van der Waals surface area contributed by atoms with Crippen molar-refractivity contribution in [3.63, 3.8) is 0 Å². The number of aryl methyl sites for hydroxylation is 1. The molecule has 0 saturated carbocycles. The van der Waals surface area contributed by atoms with Gasteiger partial charge >= 0.3 is 6.09 Å². The number of aromatic nitrogens is 1. The zero-order valence-electron chi connectivity index (χ0n) is 18.2. The van der Waals surface area contributed by atoms with Gasteiger partial charge in [-0.1, -0.05) is 18.2 Å². The van der Waals surface area contributed by atoms with Crippen LogP contribution in [0.2, 0.25) is 0 Å². The minimum atomic E-state index is -0.208. The molecule has 0 unspecified atom stereocenters. The lowest BCUT2D eigenvalue weighted by atomic mass is 10.1. The molecule has 30 heavy (non-hydrogen) atoms. The molecule has 1 aromatic carbocycles. The third-order valence-electron chi connectivity index (χ3n) is 5.36. The van der Waals surface area contributed by atoms with E-state index in [0.29, 0.717) is 25.7 Å². The molecule has 3 rings (SSSR count). The van der Waals surface area contributed by atoms with Crippen molar-refractivity contribution in [3.8, 4) is 0 Å². The van der Waals surface area contributed by atoms with E-state index in [2.05, 4.69) is 53.7 Å². The SMILES string of the molecule is CCNC(=NCCc1c(C)[nH]c2ccccc12)NC1CCN(C(=O)OCC)CC1.I. The van der Waals surface area contributed by atoms with Crippen molar-refractivity contribution in [3.05, 3.63) is 35.5 Å². The molecule has 1 aliphatic rings. The summed E-state index contributed by atoms with van der Waals surface area (Å²) < 4.78 is 5.09. The minimum Gasteiger partial charge on any atom is -0.450 e. The summed E-state index contributed by atoms with van der Waals surface area (Å²) >= 11 is 0. The maximum absolute atomic E-state index is 11.8. The van der Waals surface area contributed by atoms with E-state index in [1.165, 1.54) is 22.2 Å². The van der Waals surface area contributed by atoms with Crippen LogP contribution in [0.3, 0.4) is 0 Å². The number of fused-ring (bicyclic) bond motifs is 1. The molecule has 1 fully saturated rings. The summed E-state index contributed by atoms with van der Waals surface area (Å²) in [6.45, 7) is 9.42. The number of hydrogen-bond acceptors (Lipinski definition) is 3. The number of hydrogen-bond donors (Lipinski definition) is 3. The van der Waals surface area contributed by atoms with E-state index in [4.69, 9.17) is 9.73 Å². The van der Waals surface area contributed by atoms with Gasteiger partial charge in [-0.2, -0.15) is 0 Å². The number of nitrogens with one attached hydrogen (secondary N) is 3. The molecule has 0 aliphatic carbocycles. The van der Waals surface area contributed by atoms with Crippen molar-refractivity contribution in [2.24, 2.45) is 4.99 Å². The number of guanidine groups is 1. The van der Waals surface area contributed by atoms with Crippen LogP contribution in [-0.2, 0) is 11.2 Å². The Morgan fingerprint density at radius 3 is 2.70 bits per heavy atom. The number of carbonyl (C=O) groups is 1. The van der Waals surface area contributed by atoms with Crippen molar-refractivity contribution in [2.75, 3.05) is 32.8 Å². The van der Waals surface area contributed by atoms with E-state index in [9.17, 15) is 4.79 Å². The zero-order valence-corrected chi connectivity index (χ0v) is 20.5. The van der Waals surface area contributed by atoms with Crippen LogP contribution in [0.1, 0.15) is 37.9 Å². The van der Waals surface area contributed by atoms with E-state index >= 15 is 0 Å². The summed E-state index contributed by atoms with van der Waals surface area (Å²) in [5, 5.41) is 8.16. The molecular weight excluding hydrogens is 493 g/mol. The molecule has 1 saturated heterocycles. The predicted octanol–water partition coefficient (Wildman–Crippen LogP) is 3.81. The molecular formula is C22H34IN5O2. The number of ether oxygens (including phenoxy) is 1. The molecule has 0 bridgehead atoms. The average molecular weight is 527 g/mol. The summed E-state index contributed by atoms with van der Waals surface area (Å²) in [5.41, 5.74) is 3.73. The molecule has 2 aromatic rings. The number of benzene rings is 1. The highest BCUT2D eigenvalue weighted by atomic mass is 127. The van der Waals surface area contributed by atoms with E-state index in [1.807, 2.05) is 6.92 Å². The first-order chi connectivity index (χ1) is 14.1. The van der Waals surface area contributed by atoms with E-state index < -0.39 is 0 Å². The van der Waals surface area contributed by atoms with Crippen molar-refractivity contribution in [2.45, 2.75) is 46.1 Å². The van der Waals surface area contributed by atoms with Crippen molar-refractivity contribution >= 4 is 46.9 Å². The van der Waals surface area contributed by atoms with Crippen LogP contribution in [0.5, 0.6) is 0 Å². The van der Waals surface area contributed by atoms with Gasteiger partial charge in [0.25, 0.3) is 0 Å². The van der Waals surface area contributed by atoms with Gasteiger partial charge in [0.1, 0.15) is 0 Å². The van der Waals surface area contributed by atoms with Gasteiger partial charge in [0.15, 0.2) is 5.96 Å². The lowest BCUT2D eigenvalue weighted by molar-refractivity contribution is 0.0963. The molecule has 2 heterocycles. The van der Waals surface area contributed by atoms with Gasteiger partial charge in [-0.05, 0) is 51.7 Å². The molecule has 1 amide bonds. The normalized spacial score (nSPS) is 15.0. The summed E-state index contributed by atoms with van der Waals surface area (Å²) in [4.78, 5) is 21.9. The minimum absolute atomic E-state index is 0. The maximum atomic E-state index is 11.8. The smallest absolute Gasteiger partial charge is 0.409 e. The summed E-state index contributed by atoms with van der Waals surface area (Å²) in [6, 6.07) is 8.73. The van der Waals surface area contributed by atoms with Crippen LogP contribution < -0.4 is 10.6 Å². The zero-order chi connectivity index (χ0) is 20.6. The number of carbonyl (C=O) groups excluding carboxylic acids is 1. The second-order valence-corrected chi connectivity index (χ2v) is 7.39. The number of aromatic amines is 1. The first-order valence-corrected chi connectivity index (χ1v) is 10.6. The van der Waals surface area contributed by atoms with Crippen LogP contribution in [0.25, 0.3) is 10.9 Å². The number of rotatable bonds is 6. The first kappa shape index (κ1) is 24.3. The molecule has 7 nitrogen and oxygen atoms in total. The van der Waals surface area contributed by atoms with Gasteiger partial charge in [0, 0.05) is 48.8 Å². The summed E-state index contributed by atoms with van der Waals surface area (Å²) in [5.74, 6) is 0.847. The third kappa shape index (κ3) is 6.26. The van der Waals surface area contributed by atoms with E-state index in [1.54, 1.807) is 4.90 Å². The van der Waals surface area contributed by atoms with Gasteiger partial charge in [-0.3, -0.25) is 4.99 Å². The molecule has 1 aromatic heterocycles. The number of nitrogens with zero attached hydrogens (tertiary/aromatic N) is 2. The molecule has 166 valence electrons. The topological polar surface area (TPSA) is 81.8 Å². The Morgan fingerprint density at radius 1 is 1.27 bits per heavy atom. The second kappa shape index (κ2) is 12.0. The maximum Gasteiger partial charge on any atom is 0.409 e. The second-order valence-electron chi connectivity index (χ2n) is 7.39. The average Bonchev–Trinajstić information content (AvgIpc) is 3.04. The largest absolute Gasteiger partial charge is 0.450 e. The number of aliphatic imine (C=N–C) groups is 1. The Bertz CT molecular complexity index is 843. The van der Waals surface area contributed by atoms with Crippen molar-refractivity contribution in [1.29, 1.82) is 0 Å². The number of para-hydroxylation sites is 1. The molecule has 0 spiro atoms. The van der Waals surface area contributed by atoms with Crippen LogP contribution in [-0.4, -0.2) is 60.8 Å². The lowest BCUT2D eigenvalue weighted by Gasteiger charge is -2.32. The Labute approximate surface area is 196 Å². The van der Waals surface area contributed by atoms with Gasteiger partial charge in [-0.15, -0.1) is 24.0 Å². The Kier molecular flexibility index (Phi) is 9.74. The molecule has 0 radical (unpaired) electrons. The standard InChI is InChI=1S/C22H33N5O2.HI/c1-4-23-21(26-17-11-14-27(15-12-17)22(28)29-5-2)24-13-10-18-16(3)25-20-9-7-6-8-19(18)20;/h6-9,17,25H,4-5,10-15H2,1-3H3,(H2,23,24,26);1H. The van der Waals surface area contributed by atoms with E-state index in [-0.39, 0.29) is 30.1 Å². The van der Waals surface area contributed by atoms with Crippen LogP contribution in [0.15, 0.2) is 29.3 Å². The number of piperidine rings is 1. The molecule has 1 aliphatic heterocycles. The first-order valence-electron chi connectivity index (χ1n) is 10.6. The third-order valence-corrected chi connectivity index (χ3v) is 5.36. The summed E-state index contributed by atoms with van der Waals surface area (Å²) in [6.07, 6.45) is 2.48. The summed E-state index contributed by atoms with van der Waals surface area (Å²) in [7, 11) is 0. The fourth-order valence-corrected chi connectivity index (χ4v) is 3.87. The number of amides is 1. The highest BCUT2D eigenvalue weighted by Crippen LogP contribution is 2.22.